The monoisotopic (exact) mass is 310 g/mol. The topological polar surface area (TPSA) is 77.9 Å². The number of carbonyl (C=O) groups excluding carboxylic acids is 2. The summed E-state index contributed by atoms with van der Waals surface area (Å²) in [6, 6.07) is 0.0134. The van der Waals surface area contributed by atoms with E-state index in [0.29, 0.717) is 25.9 Å². The average molecular weight is 310 g/mol. The van der Waals surface area contributed by atoms with Crippen molar-refractivity contribution in [2.24, 2.45) is 0 Å². The van der Waals surface area contributed by atoms with Gasteiger partial charge in [0.15, 0.2) is 0 Å². The fraction of sp³-hybridized carbons (Fsp3) is 0.812. The van der Waals surface area contributed by atoms with Gasteiger partial charge in [0.05, 0.1) is 6.54 Å². The fourth-order valence-corrected chi connectivity index (χ4v) is 3.38. The molecule has 0 aromatic carbocycles. The molecular formula is C16H26N2O4. The summed E-state index contributed by atoms with van der Waals surface area (Å²) in [5, 5.41) is 8.84. The van der Waals surface area contributed by atoms with Crippen LogP contribution in [0.15, 0.2) is 0 Å². The lowest BCUT2D eigenvalue weighted by Gasteiger charge is -2.37. The third-order valence-electron chi connectivity index (χ3n) is 4.64. The first-order chi connectivity index (χ1) is 10.6. The highest BCUT2D eigenvalue weighted by Gasteiger charge is 2.29. The Kier molecular flexibility index (Phi) is 6.21. The number of carboxylic acids is 1. The molecular weight excluding hydrogens is 284 g/mol. The quantitative estimate of drug-likeness (QED) is 0.837. The van der Waals surface area contributed by atoms with E-state index in [-0.39, 0.29) is 30.8 Å². The molecule has 6 nitrogen and oxygen atoms in total. The number of carboxylic acid groups (broad SMARTS) is 1. The highest BCUT2D eigenvalue weighted by atomic mass is 16.4. The van der Waals surface area contributed by atoms with Crippen molar-refractivity contribution in [1.82, 2.24) is 9.80 Å². The van der Waals surface area contributed by atoms with E-state index < -0.39 is 5.97 Å². The van der Waals surface area contributed by atoms with Gasteiger partial charge in [-0.25, -0.2) is 0 Å². The summed E-state index contributed by atoms with van der Waals surface area (Å²) in [5.74, 6) is -0.768. The van der Waals surface area contributed by atoms with Crippen LogP contribution < -0.4 is 0 Å². The molecule has 124 valence electrons. The number of aliphatic carboxylic acids is 1. The van der Waals surface area contributed by atoms with Crippen molar-refractivity contribution in [3.63, 3.8) is 0 Å². The van der Waals surface area contributed by atoms with Crippen LogP contribution in [0.3, 0.4) is 0 Å². The smallest absolute Gasteiger partial charge is 0.303 e. The van der Waals surface area contributed by atoms with Gasteiger partial charge in [0.1, 0.15) is 0 Å². The van der Waals surface area contributed by atoms with Crippen LogP contribution in [0, 0.1) is 0 Å². The van der Waals surface area contributed by atoms with E-state index in [1.807, 2.05) is 4.90 Å². The molecule has 0 saturated carbocycles. The van der Waals surface area contributed by atoms with Crippen molar-refractivity contribution in [2.45, 2.75) is 63.8 Å². The number of hydrogen-bond donors (Lipinski definition) is 1. The van der Waals surface area contributed by atoms with Crippen molar-refractivity contribution in [3.8, 4) is 0 Å². The maximum atomic E-state index is 12.6. The van der Waals surface area contributed by atoms with Crippen LogP contribution in [0.25, 0.3) is 0 Å². The van der Waals surface area contributed by atoms with Crippen molar-refractivity contribution in [2.75, 3.05) is 19.6 Å². The number of carbonyl (C=O) groups is 3. The van der Waals surface area contributed by atoms with Crippen LogP contribution in [0.1, 0.15) is 57.8 Å². The highest BCUT2D eigenvalue weighted by molar-refractivity contribution is 5.85. The number of likely N-dealkylation sites (tertiary alicyclic amines) is 2. The molecule has 1 atom stereocenters. The van der Waals surface area contributed by atoms with Crippen LogP contribution >= 0.6 is 0 Å². The standard InChI is InChI=1S/C16H26N2O4/c19-14-7-2-1-4-10-17(14)12-15(20)18-11-5-3-6-13(18)8-9-16(21)22/h13H,1-12H2,(H,21,22). The second kappa shape index (κ2) is 8.15. The van der Waals surface area contributed by atoms with Crippen molar-refractivity contribution in [1.29, 1.82) is 0 Å². The molecule has 2 aliphatic rings. The molecule has 0 aromatic rings. The van der Waals surface area contributed by atoms with Crippen LogP contribution in [0.2, 0.25) is 0 Å². The van der Waals surface area contributed by atoms with Crippen LogP contribution in [-0.4, -0.2) is 58.4 Å². The molecule has 0 spiro atoms. The number of piperidine rings is 1. The van der Waals surface area contributed by atoms with Gasteiger partial charge in [-0.05, 0) is 38.5 Å². The number of hydrogen-bond acceptors (Lipinski definition) is 3. The van der Waals surface area contributed by atoms with Crippen LogP contribution in [-0.2, 0) is 14.4 Å². The zero-order chi connectivity index (χ0) is 15.9. The first kappa shape index (κ1) is 16.8. The predicted molar refractivity (Wildman–Crippen MR) is 81.3 cm³/mol. The molecule has 2 aliphatic heterocycles. The molecule has 0 aromatic heterocycles. The van der Waals surface area contributed by atoms with E-state index >= 15 is 0 Å². The maximum Gasteiger partial charge on any atom is 0.303 e. The second-order valence-corrected chi connectivity index (χ2v) is 6.30. The number of amides is 2. The van der Waals surface area contributed by atoms with Gasteiger partial charge in [-0.1, -0.05) is 6.42 Å². The van der Waals surface area contributed by atoms with Crippen molar-refractivity contribution >= 4 is 17.8 Å². The summed E-state index contributed by atoms with van der Waals surface area (Å²) in [5.41, 5.74) is 0. The third-order valence-corrected chi connectivity index (χ3v) is 4.64. The van der Waals surface area contributed by atoms with Crippen LogP contribution in [0.5, 0.6) is 0 Å². The van der Waals surface area contributed by atoms with E-state index in [9.17, 15) is 14.4 Å². The van der Waals surface area contributed by atoms with Gasteiger partial charge in [-0.15, -0.1) is 0 Å². The first-order valence-corrected chi connectivity index (χ1v) is 8.37. The molecule has 2 heterocycles. The van der Waals surface area contributed by atoms with Crippen LogP contribution in [0.4, 0.5) is 0 Å². The molecule has 2 amide bonds. The Balaban J connectivity index is 1.92. The lowest BCUT2D eigenvalue weighted by Crippen LogP contribution is -2.49. The fourth-order valence-electron chi connectivity index (χ4n) is 3.38. The molecule has 2 rings (SSSR count). The highest BCUT2D eigenvalue weighted by Crippen LogP contribution is 2.22. The largest absolute Gasteiger partial charge is 0.481 e. The molecule has 2 fully saturated rings. The minimum Gasteiger partial charge on any atom is -0.481 e. The molecule has 1 N–H and O–H groups in total. The maximum absolute atomic E-state index is 12.6. The normalized spacial score (nSPS) is 23.3. The van der Waals surface area contributed by atoms with Gasteiger partial charge in [0, 0.05) is 32.0 Å². The van der Waals surface area contributed by atoms with Gasteiger partial charge >= 0.3 is 5.97 Å². The van der Waals surface area contributed by atoms with E-state index in [1.165, 1.54) is 0 Å². The Hall–Kier alpha value is -1.59. The second-order valence-electron chi connectivity index (χ2n) is 6.30. The van der Waals surface area contributed by atoms with Crippen molar-refractivity contribution in [3.05, 3.63) is 0 Å². The summed E-state index contributed by atoms with van der Waals surface area (Å²) < 4.78 is 0. The van der Waals surface area contributed by atoms with E-state index in [1.54, 1.807) is 4.90 Å². The zero-order valence-corrected chi connectivity index (χ0v) is 13.1. The Labute approximate surface area is 131 Å². The zero-order valence-electron chi connectivity index (χ0n) is 13.1. The Morgan fingerprint density at radius 1 is 1.09 bits per heavy atom. The molecule has 22 heavy (non-hydrogen) atoms. The molecule has 0 aliphatic carbocycles. The van der Waals surface area contributed by atoms with Gasteiger partial charge < -0.3 is 14.9 Å². The molecule has 1 unspecified atom stereocenters. The average Bonchev–Trinajstić information content (AvgIpc) is 2.70. The van der Waals surface area contributed by atoms with Gasteiger partial charge in [0.2, 0.25) is 11.8 Å². The Bertz CT molecular complexity index is 424. The number of nitrogens with zero attached hydrogens (tertiary/aromatic N) is 2. The van der Waals surface area contributed by atoms with E-state index in [2.05, 4.69) is 0 Å². The SMILES string of the molecule is O=C(O)CCC1CCCCN1C(=O)CN1CCCCCC1=O. The van der Waals surface area contributed by atoms with E-state index in [0.717, 1.165) is 38.5 Å². The van der Waals surface area contributed by atoms with Crippen molar-refractivity contribution < 1.29 is 19.5 Å². The third kappa shape index (κ3) is 4.71. The summed E-state index contributed by atoms with van der Waals surface area (Å²) in [6.07, 6.45) is 6.92. The Morgan fingerprint density at radius 3 is 2.64 bits per heavy atom. The minimum atomic E-state index is -0.819. The summed E-state index contributed by atoms with van der Waals surface area (Å²) in [4.78, 5) is 38.8. The summed E-state index contributed by atoms with van der Waals surface area (Å²) >= 11 is 0. The minimum absolute atomic E-state index is 0.0134. The molecule has 0 radical (unpaired) electrons. The molecule has 0 bridgehead atoms. The lowest BCUT2D eigenvalue weighted by molar-refractivity contribution is -0.143. The molecule has 2 saturated heterocycles. The van der Waals surface area contributed by atoms with Gasteiger partial charge in [-0.3, -0.25) is 14.4 Å². The van der Waals surface area contributed by atoms with Gasteiger partial charge in [-0.2, -0.15) is 0 Å². The van der Waals surface area contributed by atoms with Gasteiger partial charge in [0.25, 0.3) is 0 Å². The number of rotatable bonds is 5. The summed E-state index contributed by atoms with van der Waals surface area (Å²) in [7, 11) is 0. The first-order valence-electron chi connectivity index (χ1n) is 8.37. The lowest BCUT2D eigenvalue weighted by atomic mass is 9.98. The Morgan fingerprint density at radius 2 is 1.86 bits per heavy atom. The van der Waals surface area contributed by atoms with E-state index in [4.69, 9.17) is 5.11 Å². The molecule has 6 heteroatoms. The predicted octanol–water partition coefficient (Wildman–Crippen LogP) is 1.63. The summed E-state index contributed by atoms with van der Waals surface area (Å²) in [6.45, 7) is 1.51.